The number of aliphatic hydroxyl groups excluding tert-OH is 1. The van der Waals surface area contributed by atoms with E-state index in [0.717, 1.165) is 16.7 Å². The van der Waals surface area contributed by atoms with Crippen LogP contribution in [-0.2, 0) is 29.3 Å². The van der Waals surface area contributed by atoms with E-state index in [0.29, 0.717) is 49.9 Å². The van der Waals surface area contributed by atoms with E-state index in [1.54, 1.807) is 6.33 Å². The summed E-state index contributed by atoms with van der Waals surface area (Å²) in [7, 11) is 0. The number of imidazole rings is 1. The zero-order valence-electron chi connectivity index (χ0n) is 22.6. The molecule has 41 heavy (non-hydrogen) atoms. The van der Waals surface area contributed by atoms with E-state index in [4.69, 9.17) is 19.9 Å². The van der Waals surface area contributed by atoms with Gasteiger partial charge in [0.25, 0.3) is 0 Å². The lowest BCUT2D eigenvalue weighted by Gasteiger charge is -2.23. The Kier molecular flexibility index (Phi) is 8.18. The second kappa shape index (κ2) is 12.5. The van der Waals surface area contributed by atoms with Crippen LogP contribution >= 0.6 is 0 Å². The molecule has 0 bridgehead atoms. The summed E-state index contributed by atoms with van der Waals surface area (Å²) in [5.41, 5.74) is 10.2. The number of nitrogens with zero attached hydrogens (tertiary/aromatic N) is 4. The first-order valence-electron chi connectivity index (χ1n) is 13.8. The van der Waals surface area contributed by atoms with Crippen LogP contribution in [0.5, 0.6) is 5.88 Å². The molecule has 1 saturated carbocycles. The highest BCUT2D eigenvalue weighted by molar-refractivity contribution is 5.77. The van der Waals surface area contributed by atoms with Gasteiger partial charge in [-0.25, -0.2) is 4.98 Å². The zero-order chi connectivity index (χ0) is 28.0. The van der Waals surface area contributed by atoms with E-state index in [1.807, 2.05) is 95.6 Å². The number of benzene rings is 3. The van der Waals surface area contributed by atoms with Crippen LogP contribution in [0.15, 0.2) is 97.3 Å². The molecule has 0 aliphatic heterocycles. The van der Waals surface area contributed by atoms with Crippen molar-refractivity contribution in [2.24, 2.45) is 5.92 Å². The summed E-state index contributed by atoms with van der Waals surface area (Å²) in [6.07, 6.45) is 1.23. The van der Waals surface area contributed by atoms with Gasteiger partial charge in [-0.3, -0.25) is 0 Å². The van der Waals surface area contributed by atoms with Gasteiger partial charge in [-0.15, -0.1) is 0 Å². The van der Waals surface area contributed by atoms with Gasteiger partial charge >= 0.3 is 0 Å². The van der Waals surface area contributed by atoms with Crippen molar-refractivity contribution in [2.45, 2.75) is 44.5 Å². The number of fused-ring (bicyclic) bond motifs is 1. The van der Waals surface area contributed by atoms with Gasteiger partial charge in [0.15, 0.2) is 11.2 Å². The average Bonchev–Trinajstić information content (AvgIpc) is 3.56. The van der Waals surface area contributed by atoms with E-state index in [9.17, 15) is 5.11 Å². The van der Waals surface area contributed by atoms with E-state index >= 15 is 0 Å². The zero-order valence-corrected chi connectivity index (χ0v) is 22.6. The number of ether oxygens (including phenoxy) is 3. The molecule has 5 aromatic rings. The van der Waals surface area contributed by atoms with Gasteiger partial charge in [0, 0.05) is 5.92 Å². The van der Waals surface area contributed by atoms with E-state index in [-0.39, 0.29) is 24.0 Å². The maximum Gasteiger partial charge on any atom is 0.247 e. The van der Waals surface area contributed by atoms with Crippen LogP contribution < -0.4 is 10.5 Å². The van der Waals surface area contributed by atoms with Crippen molar-refractivity contribution in [3.63, 3.8) is 0 Å². The molecule has 2 heterocycles. The van der Waals surface area contributed by atoms with E-state index < -0.39 is 6.10 Å². The lowest BCUT2D eigenvalue weighted by molar-refractivity contribution is -0.0475. The van der Waals surface area contributed by atoms with Gasteiger partial charge in [-0.1, -0.05) is 91.0 Å². The molecule has 210 valence electrons. The third-order valence-electron chi connectivity index (χ3n) is 7.50. The number of aromatic nitrogens is 4. The molecule has 0 radical (unpaired) electrons. The average molecular weight is 552 g/mol. The number of hydrogen-bond acceptors (Lipinski definition) is 8. The highest BCUT2D eigenvalue weighted by atomic mass is 16.5. The Labute approximate surface area is 238 Å². The number of aliphatic hydroxyl groups is 1. The molecular weight excluding hydrogens is 518 g/mol. The molecule has 4 atom stereocenters. The highest BCUT2D eigenvalue weighted by Crippen LogP contribution is 2.40. The van der Waals surface area contributed by atoms with Crippen molar-refractivity contribution >= 4 is 17.1 Å². The van der Waals surface area contributed by atoms with Crippen molar-refractivity contribution in [1.29, 1.82) is 0 Å². The summed E-state index contributed by atoms with van der Waals surface area (Å²) in [5, 5.41) is 11.6. The molecule has 1 aliphatic carbocycles. The van der Waals surface area contributed by atoms with E-state index in [2.05, 4.69) is 15.0 Å². The summed E-state index contributed by atoms with van der Waals surface area (Å²) < 4.78 is 20.3. The molecule has 0 amide bonds. The normalized spacial score (nSPS) is 20.4. The monoisotopic (exact) mass is 551 g/mol. The molecule has 6 rings (SSSR count). The quantitative estimate of drug-likeness (QED) is 0.242. The minimum Gasteiger partial charge on any atom is -0.471 e. The van der Waals surface area contributed by atoms with Gasteiger partial charge < -0.3 is 29.6 Å². The predicted octanol–water partition coefficient (Wildman–Crippen LogP) is 4.71. The van der Waals surface area contributed by atoms with Crippen LogP contribution in [0.3, 0.4) is 0 Å². The molecule has 3 aromatic carbocycles. The first kappa shape index (κ1) is 26.9. The molecule has 0 unspecified atom stereocenters. The van der Waals surface area contributed by atoms with Crippen molar-refractivity contribution < 1.29 is 19.3 Å². The smallest absolute Gasteiger partial charge is 0.247 e. The fourth-order valence-electron chi connectivity index (χ4n) is 5.37. The van der Waals surface area contributed by atoms with Crippen LogP contribution in [0, 0.1) is 5.92 Å². The fraction of sp³-hybridized carbons (Fsp3) is 0.281. The number of nitrogen functional groups attached to an aromatic ring is 1. The van der Waals surface area contributed by atoms with Gasteiger partial charge in [0.2, 0.25) is 11.8 Å². The summed E-state index contributed by atoms with van der Waals surface area (Å²) in [6, 6.07) is 29.5. The summed E-state index contributed by atoms with van der Waals surface area (Å²) in [6.45, 7) is 1.57. The van der Waals surface area contributed by atoms with Crippen LogP contribution in [-0.4, -0.2) is 43.4 Å². The molecule has 2 aromatic heterocycles. The molecule has 9 heteroatoms. The first-order chi connectivity index (χ1) is 20.2. The molecule has 1 fully saturated rings. The third kappa shape index (κ3) is 6.22. The van der Waals surface area contributed by atoms with Crippen molar-refractivity contribution in [3.05, 3.63) is 114 Å². The van der Waals surface area contributed by atoms with Gasteiger partial charge in [-0.05, 0) is 23.1 Å². The van der Waals surface area contributed by atoms with Crippen molar-refractivity contribution in [1.82, 2.24) is 19.5 Å². The Morgan fingerprint density at radius 2 is 1.41 bits per heavy atom. The maximum atomic E-state index is 11.6. The minimum atomic E-state index is -0.756. The Balaban J connectivity index is 1.23. The molecule has 0 saturated heterocycles. The topological polar surface area (TPSA) is 118 Å². The molecule has 9 nitrogen and oxygen atoms in total. The maximum absolute atomic E-state index is 11.6. The van der Waals surface area contributed by atoms with Crippen LogP contribution in [0.4, 0.5) is 5.95 Å². The van der Waals surface area contributed by atoms with Gasteiger partial charge in [0.05, 0.1) is 44.4 Å². The Bertz CT molecular complexity index is 1550. The highest BCUT2D eigenvalue weighted by Gasteiger charge is 2.45. The Morgan fingerprint density at radius 3 is 2.07 bits per heavy atom. The lowest BCUT2D eigenvalue weighted by atomic mass is 10.0. The Hall–Kier alpha value is -4.31. The van der Waals surface area contributed by atoms with Crippen LogP contribution in [0.2, 0.25) is 0 Å². The summed E-state index contributed by atoms with van der Waals surface area (Å²) in [5.74, 6) is 0.134. The van der Waals surface area contributed by atoms with Gasteiger partial charge in [-0.2, -0.15) is 9.97 Å². The predicted molar refractivity (Wildman–Crippen MR) is 155 cm³/mol. The number of anilines is 1. The fourth-order valence-corrected chi connectivity index (χ4v) is 5.37. The second-order valence-corrected chi connectivity index (χ2v) is 10.3. The Morgan fingerprint density at radius 1 is 0.805 bits per heavy atom. The summed E-state index contributed by atoms with van der Waals surface area (Å²) >= 11 is 0. The largest absolute Gasteiger partial charge is 0.471 e. The van der Waals surface area contributed by atoms with Crippen molar-refractivity contribution in [3.8, 4) is 5.88 Å². The molecule has 0 spiro atoms. The number of hydrogen-bond donors (Lipinski definition) is 2. The molecular formula is C32H33N5O4. The van der Waals surface area contributed by atoms with Gasteiger partial charge in [0.1, 0.15) is 6.61 Å². The lowest BCUT2D eigenvalue weighted by Crippen LogP contribution is -2.31. The summed E-state index contributed by atoms with van der Waals surface area (Å²) in [4.78, 5) is 13.3. The van der Waals surface area contributed by atoms with E-state index in [1.165, 1.54) is 0 Å². The number of rotatable bonds is 11. The second-order valence-electron chi connectivity index (χ2n) is 10.3. The SMILES string of the molecule is Nc1nc(OCc2ccccc2)c2ncn([C@@H]3C[C@@H](OCc4ccccc4)[C@H](COCc4ccccc4)[C@H]3O)c2n1. The minimum absolute atomic E-state index is 0.0782. The molecule has 1 aliphatic rings. The van der Waals surface area contributed by atoms with Crippen LogP contribution in [0.25, 0.3) is 11.2 Å². The molecule has 3 N–H and O–H groups in total. The standard InChI is InChI=1S/C32H33N5O4/c33-32-35-30-28(31(36-32)41-19-24-14-8-3-9-15-24)34-21-37(30)26-16-27(40-18-23-12-6-2-7-13-23)25(29(26)38)20-39-17-22-10-4-1-5-11-22/h1-15,21,25-27,29,38H,16-20H2,(H2,33,35,36)/t25-,26+,27+,29+/m0/s1. The number of nitrogens with two attached hydrogens (primary N) is 1. The van der Waals surface area contributed by atoms with Crippen molar-refractivity contribution in [2.75, 3.05) is 12.3 Å². The third-order valence-corrected chi connectivity index (χ3v) is 7.50. The first-order valence-corrected chi connectivity index (χ1v) is 13.8. The van der Waals surface area contributed by atoms with Crippen LogP contribution in [0.1, 0.15) is 29.2 Å².